The monoisotopic (exact) mass is 638 g/mol. The summed E-state index contributed by atoms with van der Waals surface area (Å²) in [6.45, 7) is 18.3. The number of anilines is 1. The van der Waals surface area contributed by atoms with Crippen molar-refractivity contribution < 1.29 is 14.3 Å². The van der Waals surface area contributed by atoms with Crippen LogP contribution in [0.4, 0.5) is 5.69 Å². The van der Waals surface area contributed by atoms with E-state index in [4.69, 9.17) is 16.1 Å². The maximum Gasteiger partial charge on any atom is 0.345 e. The Morgan fingerprint density at radius 2 is 1.50 bits per heavy atom. The average Bonchev–Trinajstić information content (AvgIpc) is 3.75. The second-order valence-corrected chi connectivity index (χ2v) is 16.0. The Hall–Kier alpha value is -3.97. The van der Waals surface area contributed by atoms with Gasteiger partial charge in [-0.1, -0.05) is 27.7 Å². The molecular formula is C35H30N2O4S3. The number of rotatable bonds is 5. The Bertz CT molecular complexity index is 2110. The van der Waals surface area contributed by atoms with Crippen LogP contribution in [0.1, 0.15) is 56.5 Å². The molecule has 2 aliphatic heterocycles. The highest BCUT2D eigenvalue weighted by Crippen LogP contribution is 2.52. The van der Waals surface area contributed by atoms with Gasteiger partial charge in [0, 0.05) is 59.0 Å². The van der Waals surface area contributed by atoms with Crippen molar-refractivity contribution in [3.8, 4) is 29.9 Å². The van der Waals surface area contributed by atoms with Crippen molar-refractivity contribution in [2.24, 2.45) is 0 Å². The number of fused-ring (bicyclic) bond motifs is 2. The standard InChI is InChI=1S/C35H30N2O4S3/c1-34(2)12-14-37-15-13-35(3,4)29-30(37)22(34)17-19-16-21(33(40)41-31(19)29)24-8-9-27(43-24)28-11-10-26(44-28)25-7-6-20(42-25)18-23(36-5)32(38)39/h6-11,16-18H,12-15H2,1-4H3,(H,38,39)/b23-18-. The van der Waals surface area contributed by atoms with E-state index in [-0.39, 0.29) is 22.2 Å². The maximum absolute atomic E-state index is 13.6. The van der Waals surface area contributed by atoms with Gasteiger partial charge in [-0.3, -0.25) is 4.79 Å². The van der Waals surface area contributed by atoms with E-state index in [0.29, 0.717) is 5.56 Å². The van der Waals surface area contributed by atoms with Crippen molar-refractivity contribution in [2.75, 3.05) is 18.0 Å². The van der Waals surface area contributed by atoms with Crippen LogP contribution in [-0.4, -0.2) is 24.2 Å². The Morgan fingerprint density at radius 3 is 2.16 bits per heavy atom. The summed E-state index contributed by atoms with van der Waals surface area (Å²) in [6, 6.07) is 16.3. The molecule has 0 saturated heterocycles. The number of benzene rings is 1. The van der Waals surface area contributed by atoms with E-state index in [0.717, 1.165) is 66.2 Å². The van der Waals surface area contributed by atoms with Crippen molar-refractivity contribution >= 4 is 62.7 Å². The van der Waals surface area contributed by atoms with Crippen molar-refractivity contribution in [1.29, 1.82) is 0 Å². The zero-order chi connectivity index (χ0) is 31.0. The van der Waals surface area contributed by atoms with E-state index in [1.54, 1.807) is 22.7 Å². The SMILES string of the molecule is [C-]#[N+]/C(=C\c1ccc(-c2ccc(-c3ccc(-c4cc5cc6c7c(c5oc4=O)C(C)(C)CCN7CCC6(C)C)s3)s2)s1)C(=O)O. The van der Waals surface area contributed by atoms with Crippen LogP contribution in [0.2, 0.25) is 0 Å². The van der Waals surface area contributed by atoms with E-state index < -0.39 is 5.97 Å². The fraction of sp³-hybridized carbons (Fsp3) is 0.286. The quantitative estimate of drug-likeness (QED) is 0.118. The molecule has 0 aliphatic carbocycles. The van der Waals surface area contributed by atoms with Crippen LogP contribution in [0, 0.1) is 6.57 Å². The van der Waals surface area contributed by atoms with Crippen LogP contribution in [0.15, 0.2) is 63.4 Å². The van der Waals surface area contributed by atoms with Gasteiger partial charge in [-0.25, -0.2) is 9.64 Å². The first-order valence-electron chi connectivity index (χ1n) is 14.5. The summed E-state index contributed by atoms with van der Waals surface area (Å²) in [5.74, 6) is -1.23. The number of carboxylic acid groups (broad SMARTS) is 1. The molecule has 0 saturated carbocycles. The molecule has 5 aromatic rings. The first-order valence-corrected chi connectivity index (χ1v) is 16.9. The number of hydrogen-bond donors (Lipinski definition) is 1. The fourth-order valence-corrected chi connectivity index (χ4v) is 9.52. The molecule has 1 aromatic carbocycles. The third-order valence-corrected chi connectivity index (χ3v) is 12.6. The maximum atomic E-state index is 13.6. The lowest BCUT2D eigenvalue weighted by Gasteiger charge is -2.48. The molecule has 0 spiro atoms. The van der Waals surface area contributed by atoms with Gasteiger partial charge in [0.25, 0.3) is 5.70 Å². The summed E-state index contributed by atoms with van der Waals surface area (Å²) in [6.07, 6.45) is 3.52. The first-order chi connectivity index (χ1) is 20.9. The Balaban J connectivity index is 1.25. The number of carbonyl (C=O) groups is 1. The van der Waals surface area contributed by atoms with Crippen LogP contribution in [0.5, 0.6) is 0 Å². The molecule has 0 atom stereocenters. The normalized spacial score (nSPS) is 17.0. The first kappa shape index (κ1) is 28.8. The van der Waals surface area contributed by atoms with Crippen LogP contribution in [-0.2, 0) is 15.6 Å². The van der Waals surface area contributed by atoms with E-state index >= 15 is 0 Å². The molecule has 0 bridgehead atoms. The molecule has 0 fully saturated rings. The minimum Gasteiger partial charge on any atom is -0.486 e. The number of thiophene rings is 3. The van der Waals surface area contributed by atoms with Gasteiger partial charge < -0.3 is 14.4 Å². The molecule has 0 amide bonds. The lowest BCUT2D eigenvalue weighted by Crippen LogP contribution is -2.44. The molecule has 0 unspecified atom stereocenters. The van der Waals surface area contributed by atoms with Crippen molar-refractivity contribution in [3.05, 3.63) is 92.1 Å². The molecule has 9 heteroatoms. The van der Waals surface area contributed by atoms with E-state index in [1.807, 2.05) is 24.3 Å². The predicted molar refractivity (Wildman–Crippen MR) is 182 cm³/mol. The molecule has 4 aromatic heterocycles. The number of hydrogen-bond acceptors (Lipinski definition) is 7. The second-order valence-electron chi connectivity index (χ2n) is 12.7. The molecule has 6 heterocycles. The van der Waals surface area contributed by atoms with Crippen LogP contribution in [0.25, 0.3) is 51.8 Å². The molecular weight excluding hydrogens is 609 g/mol. The van der Waals surface area contributed by atoms with Gasteiger partial charge in [-0.05, 0) is 83.8 Å². The Morgan fingerprint density at radius 1 is 0.909 bits per heavy atom. The van der Waals surface area contributed by atoms with Crippen LogP contribution in [0.3, 0.4) is 0 Å². The van der Waals surface area contributed by atoms with Gasteiger partial charge in [0.2, 0.25) is 0 Å². The van der Waals surface area contributed by atoms with Gasteiger partial charge in [0.1, 0.15) is 5.58 Å². The molecule has 6 nitrogen and oxygen atoms in total. The highest BCUT2D eigenvalue weighted by molar-refractivity contribution is 7.27. The summed E-state index contributed by atoms with van der Waals surface area (Å²) >= 11 is 4.67. The highest BCUT2D eigenvalue weighted by atomic mass is 32.1. The molecule has 2 aliphatic rings. The zero-order valence-electron chi connectivity index (χ0n) is 24.8. The smallest absolute Gasteiger partial charge is 0.345 e. The third-order valence-electron chi connectivity index (χ3n) is 8.94. The average molecular weight is 639 g/mol. The fourth-order valence-electron chi connectivity index (χ4n) is 6.38. The summed E-state index contributed by atoms with van der Waals surface area (Å²) in [5, 5.41) is 10.1. The Labute approximate surface area is 267 Å². The highest BCUT2D eigenvalue weighted by Gasteiger charge is 2.42. The van der Waals surface area contributed by atoms with Crippen molar-refractivity contribution in [1.82, 2.24) is 0 Å². The molecule has 222 valence electrons. The van der Waals surface area contributed by atoms with Gasteiger partial charge >= 0.3 is 11.6 Å². The lowest BCUT2D eigenvalue weighted by molar-refractivity contribution is -0.132. The van der Waals surface area contributed by atoms with Gasteiger partial charge in [-0.15, -0.1) is 34.0 Å². The zero-order valence-corrected chi connectivity index (χ0v) is 27.3. The van der Waals surface area contributed by atoms with E-state index in [1.165, 1.54) is 34.2 Å². The minimum atomic E-state index is -1.23. The number of carboxylic acids is 1. The van der Waals surface area contributed by atoms with Gasteiger partial charge in [0.15, 0.2) is 0 Å². The van der Waals surface area contributed by atoms with Crippen LogP contribution >= 0.6 is 34.0 Å². The molecule has 44 heavy (non-hydrogen) atoms. The topological polar surface area (TPSA) is 75.1 Å². The molecule has 1 N–H and O–H groups in total. The van der Waals surface area contributed by atoms with Crippen molar-refractivity contribution in [2.45, 2.75) is 51.4 Å². The summed E-state index contributed by atoms with van der Waals surface area (Å²) in [5.41, 5.74) is 4.44. The van der Waals surface area contributed by atoms with Gasteiger partial charge in [0.05, 0.1) is 12.1 Å². The van der Waals surface area contributed by atoms with Gasteiger partial charge in [-0.2, -0.15) is 0 Å². The minimum absolute atomic E-state index is 0.0423. The summed E-state index contributed by atoms with van der Waals surface area (Å²) in [7, 11) is 0. The molecule has 7 rings (SSSR count). The van der Waals surface area contributed by atoms with Crippen molar-refractivity contribution in [3.63, 3.8) is 0 Å². The van der Waals surface area contributed by atoms with Crippen LogP contribution < -0.4 is 10.5 Å². The Kier molecular flexibility index (Phi) is 6.74. The lowest BCUT2D eigenvalue weighted by atomic mass is 9.69. The largest absolute Gasteiger partial charge is 0.486 e. The predicted octanol–water partition coefficient (Wildman–Crippen LogP) is 9.49. The summed E-state index contributed by atoms with van der Waals surface area (Å²) < 4.78 is 6.22. The third kappa shape index (κ3) is 4.73. The van der Waals surface area contributed by atoms with E-state index in [2.05, 4.69) is 61.7 Å². The number of aliphatic carboxylic acids is 1. The number of nitrogens with zero attached hydrogens (tertiary/aromatic N) is 2. The summed E-state index contributed by atoms with van der Waals surface area (Å²) in [4.78, 5) is 36.2. The second kappa shape index (κ2) is 10.3. The van der Waals surface area contributed by atoms with E-state index in [9.17, 15) is 9.59 Å². The molecule has 0 radical (unpaired) electrons.